The van der Waals surface area contributed by atoms with E-state index < -0.39 is 0 Å². The monoisotopic (exact) mass is 292 g/mol. The Morgan fingerprint density at radius 2 is 1.81 bits per heavy atom. The molecule has 116 valence electrons. The molecule has 21 heavy (non-hydrogen) atoms. The number of nitrogens with two attached hydrogens (primary N) is 1. The van der Waals surface area contributed by atoms with Gasteiger partial charge in [-0.2, -0.15) is 0 Å². The molecule has 1 aliphatic rings. The smallest absolute Gasteiger partial charge is 0.224 e. The molecule has 0 bridgehead atoms. The predicted octanol–water partition coefficient (Wildman–Crippen LogP) is 3.34. The van der Waals surface area contributed by atoms with Crippen molar-refractivity contribution in [1.82, 2.24) is 0 Å². The summed E-state index contributed by atoms with van der Waals surface area (Å²) in [5, 5.41) is 2.85. The first-order chi connectivity index (χ1) is 10.2. The maximum Gasteiger partial charge on any atom is 0.224 e. The van der Waals surface area contributed by atoms with E-state index >= 15 is 0 Å². The van der Waals surface area contributed by atoms with Crippen LogP contribution in [0, 0.1) is 0 Å². The first kappa shape index (κ1) is 15.5. The van der Waals surface area contributed by atoms with Crippen molar-refractivity contribution in [3.05, 3.63) is 12.1 Å². The van der Waals surface area contributed by atoms with E-state index in [9.17, 15) is 4.79 Å². The quantitative estimate of drug-likeness (QED) is 0.597. The maximum absolute atomic E-state index is 11.9. The normalized spacial score (nSPS) is 13.0. The van der Waals surface area contributed by atoms with Gasteiger partial charge in [-0.1, -0.05) is 32.6 Å². The van der Waals surface area contributed by atoms with Crippen LogP contribution < -0.4 is 20.5 Å². The van der Waals surface area contributed by atoms with Crippen LogP contribution in [0.15, 0.2) is 12.1 Å². The molecule has 0 saturated heterocycles. The number of carbonyl (C=O) groups excluding carboxylic acids is 1. The van der Waals surface area contributed by atoms with Gasteiger partial charge in [-0.05, 0) is 6.42 Å². The fourth-order valence-electron chi connectivity index (χ4n) is 2.31. The van der Waals surface area contributed by atoms with Crippen molar-refractivity contribution in [2.75, 3.05) is 24.3 Å². The molecule has 1 aliphatic heterocycles. The van der Waals surface area contributed by atoms with Crippen molar-refractivity contribution in [3.63, 3.8) is 0 Å². The molecule has 0 aliphatic carbocycles. The van der Waals surface area contributed by atoms with Crippen LogP contribution in [0.3, 0.4) is 0 Å². The second kappa shape index (κ2) is 7.76. The van der Waals surface area contributed by atoms with Crippen LogP contribution in [0.1, 0.15) is 45.4 Å². The van der Waals surface area contributed by atoms with Crippen LogP contribution in [0.25, 0.3) is 0 Å². The van der Waals surface area contributed by atoms with E-state index in [-0.39, 0.29) is 5.91 Å². The zero-order chi connectivity index (χ0) is 15.1. The van der Waals surface area contributed by atoms with Gasteiger partial charge in [0.25, 0.3) is 0 Å². The number of benzene rings is 1. The Hall–Kier alpha value is -1.91. The van der Waals surface area contributed by atoms with Crippen LogP contribution in [0.2, 0.25) is 0 Å². The predicted molar refractivity (Wildman–Crippen MR) is 83.9 cm³/mol. The van der Waals surface area contributed by atoms with Gasteiger partial charge < -0.3 is 20.5 Å². The van der Waals surface area contributed by atoms with Gasteiger partial charge in [0.05, 0.1) is 11.4 Å². The lowest BCUT2D eigenvalue weighted by Gasteiger charge is -2.20. The van der Waals surface area contributed by atoms with Gasteiger partial charge in [0, 0.05) is 18.6 Å². The third-order valence-corrected chi connectivity index (χ3v) is 3.50. The number of unbranched alkanes of at least 4 members (excludes halogenated alkanes) is 4. The molecule has 1 aromatic rings. The first-order valence-corrected chi connectivity index (χ1v) is 7.69. The molecule has 2 rings (SSSR count). The molecule has 1 aromatic carbocycles. The first-order valence-electron chi connectivity index (χ1n) is 7.69. The zero-order valence-corrected chi connectivity index (χ0v) is 12.6. The van der Waals surface area contributed by atoms with Crippen molar-refractivity contribution in [3.8, 4) is 11.5 Å². The summed E-state index contributed by atoms with van der Waals surface area (Å²) in [6.07, 6.45) is 6.17. The van der Waals surface area contributed by atoms with E-state index in [1.807, 2.05) is 0 Å². The number of rotatable bonds is 7. The molecule has 1 amide bonds. The molecule has 0 atom stereocenters. The fourth-order valence-corrected chi connectivity index (χ4v) is 2.31. The number of hydrogen-bond acceptors (Lipinski definition) is 4. The van der Waals surface area contributed by atoms with Gasteiger partial charge in [-0.25, -0.2) is 0 Å². The highest BCUT2D eigenvalue weighted by atomic mass is 16.6. The summed E-state index contributed by atoms with van der Waals surface area (Å²) in [4.78, 5) is 11.9. The lowest BCUT2D eigenvalue weighted by atomic mass is 10.1. The highest BCUT2D eigenvalue weighted by molar-refractivity contribution is 5.94. The lowest BCUT2D eigenvalue weighted by molar-refractivity contribution is -0.116. The molecular weight excluding hydrogens is 268 g/mol. The standard InChI is InChI=1S/C16H24N2O3/c1-2-3-4-5-6-7-16(19)18-13-11-15-14(10-12(13)17)20-8-9-21-15/h10-11H,2-9,17H2,1H3,(H,18,19). The van der Waals surface area contributed by atoms with Crippen LogP contribution in [-0.4, -0.2) is 19.1 Å². The molecule has 0 saturated carbocycles. The van der Waals surface area contributed by atoms with Gasteiger partial charge in [0.15, 0.2) is 11.5 Å². The average molecular weight is 292 g/mol. The van der Waals surface area contributed by atoms with Gasteiger partial charge in [-0.15, -0.1) is 0 Å². The van der Waals surface area contributed by atoms with Crippen molar-refractivity contribution < 1.29 is 14.3 Å². The zero-order valence-electron chi connectivity index (χ0n) is 12.6. The van der Waals surface area contributed by atoms with Crippen molar-refractivity contribution in [1.29, 1.82) is 0 Å². The molecule has 0 aromatic heterocycles. The second-order valence-electron chi connectivity index (χ2n) is 5.30. The highest BCUT2D eigenvalue weighted by Crippen LogP contribution is 2.36. The molecule has 3 N–H and O–H groups in total. The van der Waals surface area contributed by atoms with Gasteiger partial charge >= 0.3 is 0 Å². The molecular formula is C16H24N2O3. The lowest BCUT2D eigenvalue weighted by Crippen LogP contribution is -2.17. The van der Waals surface area contributed by atoms with Crippen LogP contribution in [0.4, 0.5) is 11.4 Å². The third kappa shape index (κ3) is 4.55. The van der Waals surface area contributed by atoms with Gasteiger partial charge in [0.1, 0.15) is 13.2 Å². The van der Waals surface area contributed by atoms with Gasteiger partial charge in [0.2, 0.25) is 5.91 Å². The maximum atomic E-state index is 11.9. The Morgan fingerprint density at radius 1 is 1.14 bits per heavy atom. The Labute approximate surface area is 125 Å². The molecule has 0 radical (unpaired) electrons. The highest BCUT2D eigenvalue weighted by Gasteiger charge is 2.15. The molecule has 5 heteroatoms. The van der Waals surface area contributed by atoms with E-state index in [2.05, 4.69) is 12.2 Å². The number of nitrogen functional groups attached to an aromatic ring is 1. The Bertz CT molecular complexity index is 489. The Kier molecular flexibility index (Phi) is 5.72. The second-order valence-corrected chi connectivity index (χ2v) is 5.30. The number of hydrogen-bond donors (Lipinski definition) is 2. The number of fused-ring (bicyclic) bond motifs is 1. The van der Waals surface area contributed by atoms with E-state index in [0.717, 1.165) is 12.8 Å². The van der Waals surface area contributed by atoms with Crippen molar-refractivity contribution >= 4 is 17.3 Å². The summed E-state index contributed by atoms with van der Waals surface area (Å²) < 4.78 is 10.9. The molecule has 5 nitrogen and oxygen atoms in total. The minimum Gasteiger partial charge on any atom is -0.486 e. The van der Waals surface area contributed by atoms with Crippen LogP contribution in [0.5, 0.6) is 11.5 Å². The molecule has 0 unspecified atom stereocenters. The number of anilines is 2. The van der Waals surface area contributed by atoms with Gasteiger partial charge in [-0.3, -0.25) is 4.79 Å². The van der Waals surface area contributed by atoms with Crippen LogP contribution >= 0.6 is 0 Å². The summed E-state index contributed by atoms with van der Waals surface area (Å²) in [6.45, 7) is 3.22. The SMILES string of the molecule is CCCCCCCC(=O)Nc1cc2c(cc1N)OCCO2. The van der Waals surface area contributed by atoms with E-state index in [1.165, 1.54) is 19.3 Å². The van der Waals surface area contributed by atoms with Crippen molar-refractivity contribution in [2.45, 2.75) is 45.4 Å². The van der Waals surface area contributed by atoms with Crippen molar-refractivity contribution in [2.24, 2.45) is 0 Å². The summed E-state index contributed by atoms with van der Waals surface area (Å²) in [5.41, 5.74) is 7.03. The number of ether oxygens (including phenoxy) is 2. The molecule has 0 fully saturated rings. The minimum atomic E-state index is -0.00474. The summed E-state index contributed by atoms with van der Waals surface area (Å²) in [7, 11) is 0. The summed E-state index contributed by atoms with van der Waals surface area (Å²) in [6, 6.07) is 3.43. The van der Waals surface area contributed by atoms with E-state index in [4.69, 9.17) is 15.2 Å². The average Bonchev–Trinajstić information content (AvgIpc) is 2.48. The molecule has 0 spiro atoms. The number of nitrogens with one attached hydrogen (secondary N) is 1. The third-order valence-electron chi connectivity index (χ3n) is 3.50. The largest absolute Gasteiger partial charge is 0.486 e. The Morgan fingerprint density at radius 3 is 2.52 bits per heavy atom. The summed E-state index contributed by atoms with van der Waals surface area (Å²) >= 11 is 0. The van der Waals surface area contributed by atoms with E-state index in [0.29, 0.717) is 42.5 Å². The minimum absolute atomic E-state index is 0.00474. The topological polar surface area (TPSA) is 73.6 Å². The number of amides is 1. The van der Waals surface area contributed by atoms with E-state index in [1.54, 1.807) is 12.1 Å². The summed E-state index contributed by atoms with van der Waals surface area (Å²) in [5.74, 6) is 1.26. The number of carbonyl (C=O) groups is 1. The fraction of sp³-hybridized carbons (Fsp3) is 0.562. The molecule has 1 heterocycles. The van der Waals surface area contributed by atoms with Crippen LogP contribution in [-0.2, 0) is 4.79 Å². The Balaban J connectivity index is 1.86.